The fraction of sp³-hybridized carbons (Fsp3) is 0.333. The summed E-state index contributed by atoms with van der Waals surface area (Å²) in [6.07, 6.45) is 3.39. The molecule has 0 aliphatic carbocycles. The predicted octanol–water partition coefficient (Wildman–Crippen LogP) is 4.92. The van der Waals surface area contributed by atoms with Crippen molar-refractivity contribution in [1.29, 1.82) is 0 Å². The Hall–Kier alpha value is -3.08. The molecular weight excluding hydrogens is 364 g/mol. The van der Waals surface area contributed by atoms with Gasteiger partial charge in [-0.15, -0.1) is 0 Å². The second-order valence-electron chi connectivity index (χ2n) is 8.38. The number of phenols is 1. The molecular formula is C24H26N2O3. The highest BCUT2D eigenvalue weighted by molar-refractivity contribution is 6.32. The van der Waals surface area contributed by atoms with Gasteiger partial charge in [0.05, 0.1) is 17.0 Å². The topological polar surface area (TPSA) is 62.1 Å². The van der Waals surface area contributed by atoms with E-state index in [1.807, 2.05) is 51.1 Å². The fourth-order valence-electron chi connectivity index (χ4n) is 3.91. The molecule has 2 heterocycles. The Morgan fingerprint density at radius 1 is 1.14 bits per heavy atom. The first-order chi connectivity index (χ1) is 13.7. The maximum absolute atomic E-state index is 13.1. The minimum absolute atomic E-state index is 0.197. The van der Waals surface area contributed by atoms with E-state index in [0.717, 1.165) is 41.0 Å². The van der Waals surface area contributed by atoms with Gasteiger partial charge in [0.15, 0.2) is 0 Å². The maximum atomic E-state index is 13.1. The number of amides is 1. The average Bonchev–Trinajstić information content (AvgIpc) is 2.98. The van der Waals surface area contributed by atoms with Crippen LogP contribution in [0.5, 0.6) is 11.5 Å². The number of rotatable bonds is 2. The van der Waals surface area contributed by atoms with Crippen LogP contribution in [0.15, 0.2) is 41.0 Å². The van der Waals surface area contributed by atoms with Crippen LogP contribution in [0.1, 0.15) is 49.4 Å². The number of fused-ring (bicyclic) bond motifs is 1. The van der Waals surface area contributed by atoms with Crippen LogP contribution in [-0.2, 0) is 11.2 Å². The minimum Gasteiger partial charge on any atom is -0.507 e. The number of para-hydroxylation sites is 1. The van der Waals surface area contributed by atoms with E-state index in [0.29, 0.717) is 16.8 Å². The minimum atomic E-state index is -0.254. The molecule has 1 N–H and O–H groups in total. The molecule has 0 aromatic heterocycles. The number of hydrazone groups is 1. The number of carbonyl (C=O) groups is 1. The third-order valence-electron chi connectivity index (χ3n) is 5.82. The zero-order valence-electron chi connectivity index (χ0n) is 17.5. The monoisotopic (exact) mass is 390 g/mol. The number of benzene rings is 2. The number of phenolic OH excluding ortho intramolecular Hbond substituents is 1. The lowest BCUT2D eigenvalue weighted by Crippen LogP contribution is -2.33. The van der Waals surface area contributed by atoms with E-state index in [-0.39, 0.29) is 17.3 Å². The molecule has 150 valence electrons. The molecule has 0 radical (unpaired) electrons. The summed E-state index contributed by atoms with van der Waals surface area (Å²) in [5.74, 6) is 0.830. The largest absolute Gasteiger partial charge is 0.507 e. The Bertz CT molecular complexity index is 1070. The summed E-state index contributed by atoms with van der Waals surface area (Å²) in [4.78, 5) is 13.1. The van der Waals surface area contributed by atoms with Crippen LogP contribution in [-0.4, -0.2) is 22.3 Å². The van der Waals surface area contributed by atoms with Crippen LogP contribution in [0.25, 0.3) is 6.08 Å². The highest BCUT2D eigenvalue weighted by Gasteiger charge is 2.33. The first-order valence-electron chi connectivity index (χ1n) is 9.90. The van der Waals surface area contributed by atoms with Crippen molar-refractivity contribution in [1.82, 2.24) is 0 Å². The van der Waals surface area contributed by atoms with Gasteiger partial charge in [0, 0.05) is 11.1 Å². The standard InChI is InChI=1S/C24H26N2O3/c1-14-15(2)22-18(11-12-24(4,5)29-22)20(21(14)27)13-19-16(3)25-26(23(19)28)17-9-7-6-8-10-17/h6-10,13,27H,11-12H2,1-5H3/b19-13-. The zero-order valence-corrected chi connectivity index (χ0v) is 17.5. The fourth-order valence-corrected chi connectivity index (χ4v) is 3.91. The Morgan fingerprint density at radius 3 is 2.52 bits per heavy atom. The van der Waals surface area contributed by atoms with E-state index in [9.17, 15) is 9.90 Å². The second kappa shape index (κ2) is 6.76. The molecule has 5 nitrogen and oxygen atoms in total. The normalized spacial score (nSPS) is 19.2. The van der Waals surface area contributed by atoms with E-state index in [1.165, 1.54) is 5.01 Å². The van der Waals surface area contributed by atoms with Crippen LogP contribution < -0.4 is 9.75 Å². The molecule has 4 rings (SSSR count). The molecule has 0 saturated carbocycles. The van der Waals surface area contributed by atoms with Gasteiger partial charge in [0.1, 0.15) is 17.1 Å². The summed E-state index contributed by atoms with van der Waals surface area (Å²) in [6, 6.07) is 9.35. The van der Waals surface area contributed by atoms with Gasteiger partial charge in [-0.2, -0.15) is 10.1 Å². The molecule has 0 unspecified atom stereocenters. The number of nitrogens with zero attached hydrogens (tertiary/aromatic N) is 2. The Labute approximate surface area is 171 Å². The quantitative estimate of drug-likeness (QED) is 0.741. The summed E-state index contributed by atoms with van der Waals surface area (Å²) in [5, 5.41) is 16.8. The van der Waals surface area contributed by atoms with Crippen LogP contribution in [0.4, 0.5) is 5.69 Å². The first kappa shape index (κ1) is 19.2. The number of anilines is 1. The zero-order chi connectivity index (χ0) is 20.9. The molecule has 1 amide bonds. The van der Waals surface area contributed by atoms with E-state index in [4.69, 9.17) is 4.74 Å². The average molecular weight is 390 g/mol. The number of aromatic hydroxyl groups is 1. The lowest BCUT2D eigenvalue weighted by atomic mass is 9.86. The van der Waals surface area contributed by atoms with Gasteiger partial charge < -0.3 is 9.84 Å². The molecule has 0 fully saturated rings. The summed E-state index contributed by atoms with van der Waals surface area (Å²) < 4.78 is 6.27. The lowest BCUT2D eigenvalue weighted by Gasteiger charge is -2.35. The predicted molar refractivity (Wildman–Crippen MR) is 116 cm³/mol. The molecule has 29 heavy (non-hydrogen) atoms. The molecule has 2 aliphatic heterocycles. The smallest absolute Gasteiger partial charge is 0.280 e. The summed E-state index contributed by atoms with van der Waals surface area (Å²) in [5.41, 5.74) is 4.91. The molecule has 2 aromatic carbocycles. The highest BCUT2D eigenvalue weighted by Crippen LogP contribution is 2.44. The molecule has 0 bridgehead atoms. The number of ether oxygens (including phenoxy) is 1. The van der Waals surface area contributed by atoms with Gasteiger partial charge in [-0.3, -0.25) is 4.79 Å². The third-order valence-corrected chi connectivity index (χ3v) is 5.82. The summed E-state index contributed by atoms with van der Waals surface area (Å²) in [7, 11) is 0. The van der Waals surface area contributed by atoms with E-state index in [2.05, 4.69) is 18.9 Å². The maximum Gasteiger partial charge on any atom is 0.280 e. The van der Waals surface area contributed by atoms with Gasteiger partial charge >= 0.3 is 0 Å². The molecule has 0 spiro atoms. The number of carbonyl (C=O) groups excluding carboxylic acids is 1. The molecule has 5 heteroatoms. The highest BCUT2D eigenvalue weighted by atomic mass is 16.5. The Balaban J connectivity index is 1.83. The summed E-state index contributed by atoms with van der Waals surface area (Å²) >= 11 is 0. The van der Waals surface area contributed by atoms with Gasteiger partial charge in [0.25, 0.3) is 5.91 Å². The van der Waals surface area contributed by atoms with Crippen molar-refractivity contribution in [2.45, 2.75) is 53.1 Å². The number of hydrogen-bond acceptors (Lipinski definition) is 4. The van der Waals surface area contributed by atoms with E-state index < -0.39 is 0 Å². The molecule has 2 aliphatic rings. The molecule has 2 aromatic rings. The third kappa shape index (κ3) is 3.20. The van der Waals surface area contributed by atoms with Crippen LogP contribution in [0, 0.1) is 13.8 Å². The Kier molecular flexibility index (Phi) is 4.49. The SMILES string of the molecule is CC1=NN(c2ccccc2)C(=O)/C1=C\c1c(O)c(C)c(C)c2c1CCC(C)(C)O2. The molecule has 0 saturated heterocycles. The van der Waals surface area contributed by atoms with Crippen LogP contribution in [0.3, 0.4) is 0 Å². The van der Waals surface area contributed by atoms with Gasteiger partial charge in [-0.25, -0.2) is 0 Å². The second-order valence-corrected chi connectivity index (χ2v) is 8.38. The van der Waals surface area contributed by atoms with Crippen molar-refractivity contribution >= 4 is 23.4 Å². The molecule has 0 atom stereocenters. The van der Waals surface area contributed by atoms with Crippen molar-refractivity contribution in [3.05, 3.63) is 58.2 Å². The van der Waals surface area contributed by atoms with Gasteiger partial charge in [-0.05, 0) is 76.8 Å². The van der Waals surface area contributed by atoms with Crippen LogP contribution in [0.2, 0.25) is 0 Å². The van der Waals surface area contributed by atoms with Crippen molar-refractivity contribution < 1.29 is 14.6 Å². The van der Waals surface area contributed by atoms with Crippen LogP contribution >= 0.6 is 0 Å². The van der Waals surface area contributed by atoms with Crippen molar-refractivity contribution in [2.75, 3.05) is 5.01 Å². The van der Waals surface area contributed by atoms with Crippen molar-refractivity contribution in [2.24, 2.45) is 5.10 Å². The number of hydrogen-bond donors (Lipinski definition) is 1. The Morgan fingerprint density at radius 2 is 1.83 bits per heavy atom. The van der Waals surface area contributed by atoms with E-state index in [1.54, 1.807) is 6.08 Å². The summed E-state index contributed by atoms with van der Waals surface area (Å²) in [6.45, 7) is 9.81. The van der Waals surface area contributed by atoms with Crippen molar-refractivity contribution in [3.8, 4) is 11.5 Å². The van der Waals surface area contributed by atoms with Gasteiger partial charge in [0.2, 0.25) is 0 Å². The van der Waals surface area contributed by atoms with Crippen molar-refractivity contribution in [3.63, 3.8) is 0 Å². The van der Waals surface area contributed by atoms with E-state index >= 15 is 0 Å². The first-order valence-corrected chi connectivity index (χ1v) is 9.90. The lowest BCUT2D eigenvalue weighted by molar-refractivity contribution is -0.114. The van der Waals surface area contributed by atoms with Gasteiger partial charge in [-0.1, -0.05) is 18.2 Å².